The van der Waals surface area contributed by atoms with Gasteiger partial charge in [0.25, 0.3) is 5.91 Å². The first-order chi connectivity index (χ1) is 13.0. The van der Waals surface area contributed by atoms with Crippen LogP contribution in [0.5, 0.6) is 0 Å². The number of halogens is 1. The van der Waals surface area contributed by atoms with Crippen LogP contribution in [0, 0.1) is 5.82 Å². The Kier molecular flexibility index (Phi) is 5.41. The van der Waals surface area contributed by atoms with Crippen LogP contribution in [-0.4, -0.2) is 29.8 Å². The van der Waals surface area contributed by atoms with Crippen LogP contribution < -0.4 is 21.7 Å². The van der Waals surface area contributed by atoms with Crippen LogP contribution in [0.2, 0.25) is 0 Å². The van der Waals surface area contributed by atoms with Crippen molar-refractivity contribution in [2.24, 2.45) is 15.7 Å². The minimum atomic E-state index is -0.958. The Balaban J connectivity index is 1.61. The first-order valence-electron chi connectivity index (χ1n) is 8.10. The van der Waals surface area contributed by atoms with E-state index in [4.69, 9.17) is 5.73 Å². The quantitative estimate of drug-likeness (QED) is 0.482. The number of para-hydroxylation sites is 2. The van der Waals surface area contributed by atoms with E-state index in [1.54, 1.807) is 18.2 Å². The van der Waals surface area contributed by atoms with E-state index in [1.807, 2.05) is 18.2 Å². The van der Waals surface area contributed by atoms with E-state index in [0.29, 0.717) is 0 Å². The molecule has 3 rings (SSSR count). The second kappa shape index (κ2) is 8.09. The number of rotatable bonds is 4. The molecule has 9 heteroatoms. The van der Waals surface area contributed by atoms with Crippen molar-refractivity contribution < 1.29 is 14.0 Å². The Morgan fingerprint density at radius 3 is 2.59 bits per heavy atom. The molecule has 0 saturated carbocycles. The van der Waals surface area contributed by atoms with Crippen molar-refractivity contribution in [3.63, 3.8) is 0 Å². The average molecular weight is 368 g/mol. The third kappa shape index (κ3) is 4.88. The second-order valence-electron chi connectivity index (χ2n) is 5.68. The molecule has 0 radical (unpaired) electrons. The van der Waals surface area contributed by atoms with Crippen molar-refractivity contribution in [3.8, 4) is 0 Å². The van der Waals surface area contributed by atoms with Crippen LogP contribution in [0.4, 0.5) is 15.8 Å². The van der Waals surface area contributed by atoms with Gasteiger partial charge in [-0.25, -0.2) is 9.38 Å². The van der Waals surface area contributed by atoms with Gasteiger partial charge in [0.05, 0.1) is 12.1 Å². The molecule has 0 spiro atoms. The lowest BCUT2D eigenvalue weighted by Gasteiger charge is -2.07. The molecule has 1 aliphatic heterocycles. The fourth-order valence-electron chi connectivity index (χ4n) is 2.38. The lowest BCUT2D eigenvalue weighted by atomic mass is 10.2. The van der Waals surface area contributed by atoms with Gasteiger partial charge in [0, 0.05) is 5.69 Å². The number of benzene rings is 2. The smallest absolute Gasteiger partial charge is 0.252 e. The van der Waals surface area contributed by atoms with E-state index in [-0.39, 0.29) is 24.0 Å². The maximum atomic E-state index is 13.6. The first-order valence-corrected chi connectivity index (χ1v) is 8.10. The number of nitrogens with one attached hydrogen (secondary N) is 3. The molecule has 0 saturated heterocycles. The van der Waals surface area contributed by atoms with Gasteiger partial charge in [-0.2, -0.15) is 4.99 Å². The molecule has 2 aromatic carbocycles. The molecule has 2 aromatic rings. The number of aliphatic imine (C=N–C) groups is 2. The summed E-state index contributed by atoms with van der Waals surface area (Å²) >= 11 is 0. The zero-order chi connectivity index (χ0) is 19.2. The number of hydrogen-bond acceptors (Lipinski definition) is 4. The van der Waals surface area contributed by atoms with Crippen molar-refractivity contribution in [1.82, 2.24) is 5.32 Å². The molecular formula is C18H17FN6O2. The SMILES string of the molecule is NC(=NC1=N[C@H](CC(=O)Nc2ccccc2F)C(=O)N1)Nc1ccccc1. The molecule has 138 valence electrons. The number of carbonyl (C=O) groups excluding carboxylic acids is 2. The number of nitrogens with two attached hydrogens (primary N) is 1. The maximum Gasteiger partial charge on any atom is 0.252 e. The van der Waals surface area contributed by atoms with Gasteiger partial charge in [0.1, 0.15) is 11.9 Å². The molecule has 1 atom stereocenters. The Bertz CT molecular complexity index is 913. The molecule has 0 unspecified atom stereocenters. The zero-order valence-corrected chi connectivity index (χ0v) is 14.1. The molecule has 27 heavy (non-hydrogen) atoms. The van der Waals surface area contributed by atoms with E-state index in [9.17, 15) is 14.0 Å². The Hall–Kier alpha value is -3.75. The van der Waals surface area contributed by atoms with Gasteiger partial charge in [-0.1, -0.05) is 30.3 Å². The molecule has 8 nitrogen and oxygen atoms in total. The van der Waals surface area contributed by atoms with E-state index in [2.05, 4.69) is 25.9 Å². The van der Waals surface area contributed by atoms with E-state index >= 15 is 0 Å². The summed E-state index contributed by atoms with van der Waals surface area (Å²) < 4.78 is 13.6. The lowest BCUT2D eigenvalue weighted by molar-refractivity contribution is -0.123. The Morgan fingerprint density at radius 2 is 1.85 bits per heavy atom. The van der Waals surface area contributed by atoms with E-state index in [1.165, 1.54) is 18.2 Å². The van der Waals surface area contributed by atoms with Crippen molar-refractivity contribution >= 4 is 35.1 Å². The summed E-state index contributed by atoms with van der Waals surface area (Å²) in [6, 6.07) is 13.9. The Morgan fingerprint density at radius 1 is 1.15 bits per heavy atom. The Labute approximate surface area is 154 Å². The highest BCUT2D eigenvalue weighted by atomic mass is 19.1. The largest absolute Gasteiger partial charge is 0.369 e. The van der Waals surface area contributed by atoms with Crippen molar-refractivity contribution in [1.29, 1.82) is 0 Å². The molecular weight excluding hydrogens is 351 g/mol. The summed E-state index contributed by atoms with van der Waals surface area (Å²) in [5, 5.41) is 7.71. The third-order valence-electron chi connectivity index (χ3n) is 3.62. The molecule has 1 aliphatic rings. The normalized spacial score (nSPS) is 16.5. The molecule has 2 amide bonds. The number of nitrogens with zero attached hydrogens (tertiary/aromatic N) is 2. The molecule has 0 aromatic heterocycles. The zero-order valence-electron chi connectivity index (χ0n) is 14.1. The van der Waals surface area contributed by atoms with Crippen LogP contribution in [0.15, 0.2) is 64.6 Å². The van der Waals surface area contributed by atoms with Crippen molar-refractivity contribution in [2.45, 2.75) is 12.5 Å². The topological polar surface area (TPSA) is 121 Å². The second-order valence-corrected chi connectivity index (χ2v) is 5.68. The molecule has 0 aliphatic carbocycles. The number of guanidine groups is 2. The highest BCUT2D eigenvalue weighted by Crippen LogP contribution is 2.14. The van der Waals surface area contributed by atoms with Gasteiger partial charge in [-0.3, -0.25) is 14.9 Å². The van der Waals surface area contributed by atoms with Crippen LogP contribution in [0.1, 0.15) is 6.42 Å². The average Bonchev–Trinajstić information content (AvgIpc) is 2.96. The number of anilines is 2. The van der Waals surface area contributed by atoms with E-state index < -0.39 is 23.7 Å². The van der Waals surface area contributed by atoms with Gasteiger partial charge in [-0.15, -0.1) is 0 Å². The maximum absolute atomic E-state index is 13.6. The monoisotopic (exact) mass is 368 g/mol. The predicted molar refractivity (Wildman–Crippen MR) is 101 cm³/mol. The number of amides is 2. The summed E-state index contributed by atoms with van der Waals surface area (Å²) in [5.74, 6) is -1.54. The summed E-state index contributed by atoms with van der Waals surface area (Å²) in [5.41, 5.74) is 6.55. The standard InChI is InChI=1S/C18H17FN6O2/c19-12-8-4-5-9-13(12)22-15(26)10-14-16(27)24-18(23-14)25-17(20)21-11-6-2-1-3-7-11/h1-9,14H,10H2,(H,22,26)(H4,20,21,23,24,25,27)/t14-/m1/s1. The highest BCUT2D eigenvalue weighted by Gasteiger charge is 2.28. The molecule has 1 heterocycles. The summed E-state index contributed by atoms with van der Waals surface area (Å²) in [6.45, 7) is 0. The van der Waals surface area contributed by atoms with Gasteiger partial charge >= 0.3 is 0 Å². The first kappa shape index (κ1) is 18.1. The number of hydrogen-bond donors (Lipinski definition) is 4. The summed E-state index contributed by atoms with van der Waals surface area (Å²) in [7, 11) is 0. The van der Waals surface area contributed by atoms with Gasteiger partial charge in [-0.05, 0) is 24.3 Å². The van der Waals surface area contributed by atoms with Gasteiger partial charge in [0.2, 0.25) is 17.8 Å². The summed E-state index contributed by atoms with van der Waals surface area (Å²) in [6.07, 6.45) is -0.245. The lowest BCUT2D eigenvalue weighted by Crippen LogP contribution is -2.32. The highest BCUT2D eigenvalue weighted by molar-refractivity contribution is 6.11. The molecule has 0 fully saturated rings. The fourth-order valence-corrected chi connectivity index (χ4v) is 2.38. The van der Waals surface area contributed by atoms with Crippen molar-refractivity contribution in [2.75, 3.05) is 10.6 Å². The minimum Gasteiger partial charge on any atom is -0.369 e. The van der Waals surface area contributed by atoms with Crippen LogP contribution in [-0.2, 0) is 9.59 Å². The fraction of sp³-hybridized carbons (Fsp3) is 0.111. The van der Waals surface area contributed by atoms with Gasteiger partial charge in [0.15, 0.2) is 0 Å². The number of carbonyl (C=O) groups is 2. The third-order valence-corrected chi connectivity index (χ3v) is 3.62. The minimum absolute atomic E-state index is 0.00428. The predicted octanol–water partition coefficient (Wildman–Crippen LogP) is 1.44. The molecule has 0 bridgehead atoms. The van der Waals surface area contributed by atoms with Gasteiger partial charge < -0.3 is 16.4 Å². The van der Waals surface area contributed by atoms with Crippen LogP contribution >= 0.6 is 0 Å². The van der Waals surface area contributed by atoms with Crippen molar-refractivity contribution in [3.05, 3.63) is 60.4 Å². The van der Waals surface area contributed by atoms with E-state index in [0.717, 1.165) is 5.69 Å². The van der Waals surface area contributed by atoms with Crippen LogP contribution in [0.25, 0.3) is 0 Å². The van der Waals surface area contributed by atoms with Crippen LogP contribution in [0.3, 0.4) is 0 Å². The molecule has 5 N–H and O–H groups in total. The summed E-state index contributed by atoms with van der Waals surface area (Å²) in [4.78, 5) is 32.0.